The number of nitrogens with one attached hydrogen (secondary N) is 2. The molecule has 144 valence electrons. The fraction of sp³-hybridized carbons (Fsp3) is 0.111. The minimum Gasteiger partial charge on any atom is -0.495 e. The first-order chi connectivity index (χ1) is 13.4. The number of carbonyl (C=O) groups excluding carboxylic acids is 1. The summed E-state index contributed by atoms with van der Waals surface area (Å²) >= 11 is 7.26. The SMILES string of the molecule is CNc1nc(-c2ccc(OC)c(NC(=O)c3ccc(Cl)c([N+](=O)[O-])c3)c2)cs1. The number of hydrogen-bond acceptors (Lipinski definition) is 7. The molecule has 1 aromatic heterocycles. The molecule has 0 fully saturated rings. The standard InChI is InChI=1S/C18H15ClN4O4S/c1-20-18-22-14(9-28-18)10-4-6-16(27-2)13(7-10)21-17(24)11-3-5-12(19)15(8-11)23(25)26/h3-9H,1-2H3,(H,20,22)(H,21,24). The van der Waals surface area contributed by atoms with Crippen molar-refractivity contribution in [3.05, 3.63) is 62.5 Å². The predicted octanol–water partition coefficient (Wildman–Crippen LogP) is 4.67. The maximum atomic E-state index is 12.6. The van der Waals surface area contributed by atoms with Gasteiger partial charge in [-0.2, -0.15) is 0 Å². The summed E-state index contributed by atoms with van der Waals surface area (Å²) in [4.78, 5) is 27.5. The summed E-state index contributed by atoms with van der Waals surface area (Å²) in [5, 5.41) is 19.4. The smallest absolute Gasteiger partial charge is 0.288 e. The normalized spacial score (nSPS) is 10.4. The van der Waals surface area contributed by atoms with Crippen LogP contribution in [0.15, 0.2) is 41.8 Å². The summed E-state index contributed by atoms with van der Waals surface area (Å²) in [6.07, 6.45) is 0. The molecule has 28 heavy (non-hydrogen) atoms. The van der Waals surface area contributed by atoms with Crippen LogP contribution in [0.2, 0.25) is 5.02 Å². The topological polar surface area (TPSA) is 106 Å². The van der Waals surface area contributed by atoms with Crippen molar-refractivity contribution in [1.82, 2.24) is 4.98 Å². The Balaban J connectivity index is 1.92. The number of thiazole rings is 1. The Morgan fingerprint density at radius 2 is 2.07 bits per heavy atom. The third-order valence-corrected chi connectivity index (χ3v) is 5.05. The number of ether oxygens (including phenoxy) is 1. The highest BCUT2D eigenvalue weighted by Crippen LogP contribution is 2.33. The molecule has 0 aliphatic rings. The van der Waals surface area contributed by atoms with E-state index < -0.39 is 10.8 Å². The average Bonchev–Trinajstić information content (AvgIpc) is 3.17. The lowest BCUT2D eigenvalue weighted by molar-refractivity contribution is -0.384. The van der Waals surface area contributed by atoms with E-state index >= 15 is 0 Å². The van der Waals surface area contributed by atoms with Gasteiger partial charge in [0.2, 0.25) is 0 Å². The maximum absolute atomic E-state index is 12.6. The Hall–Kier alpha value is -3.17. The van der Waals surface area contributed by atoms with E-state index in [4.69, 9.17) is 16.3 Å². The van der Waals surface area contributed by atoms with Crippen molar-refractivity contribution >= 4 is 45.4 Å². The number of halogens is 1. The average molecular weight is 419 g/mol. The predicted molar refractivity (Wildman–Crippen MR) is 110 cm³/mol. The zero-order chi connectivity index (χ0) is 20.3. The van der Waals surface area contributed by atoms with E-state index in [-0.39, 0.29) is 16.3 Å². The highest BCUT2D eigenvalue weighted by molar-refractivity contribution is 7.14. The quantitative estimate of drug-likeness (QED) is 0.445. The molecular weight excluding hydrogens is 404 g/mol. The van der Waals surface area contributed by atoms with Gasteiger partial charge in [-0.1, -0.05) is 11.6 Å². The Labute approximate surface area is 169 Å². The molecule has 3 aromatic rings. The highest BCUT2D eigenvalue weighted by atomic mass is 35.5. The molecule has 0 saturated heterocycles. The molecule has 1 amide bonds. The third kappa shape index (κ3) is 4.05. The minimum atomic E-state index is -0.637. The van der Waals surface area contributed by atoms with Crippen molar-refractivity contribution in [1.29, 1.82) is 0 Å². The van der Waals surface area contributed by atoms with Gasteiger partial charge in [0.1, 0.15) is 10.8 Å². The molecule has 2 aromatic carbocycles. The molecule has 10 heteroatoms. The molecule has 0 saturated carbocycles. The van der Waals surface area contributed by atoms with Gasteiger partial charge in [-0.3, -0.25) is 14.9 Å². The zero-order valence-corrected chi connectivity index (χ0v) is 16.4. The lowest BCUT2D eigenvalue weighted by atomic mass is 10.1. The third-order valence-electron chi connectivity index (χ3n) is 3.87. The van der Waals surface area contributed by atoms with Crippen LogP contribution in [0.4, 0.5) is 16.5 Å². The number of rotatable bonds is 6. The van der Waals surface area contributed by atoms with Crippen LogP contribution in [-0.4, -0.2) is 30.0 Å². The molecule has 0 aliphatic carbocycles. The number of nitro groups is 1. The number of aromatic nitrogens is 1. The number of carbonyl (C=O) groups is 1. The minimum absolute atomic E-state index is 0.0370. The van der Waals surface area contributed by atoms with E-state index in [9.17, 15) is 14.9 Å². The van der Waals surface area contributed by atoms with Gasteiger partial charge in [0.25, 0.3) is 11.6 Å². The van der Waals surface area contributed by atoms with Crippen molar-refractivity contribution in [2.24, 2.45) is 0 Å². The molecule has 0 aliphatic heterocycles. The molecule has 2 N–H and O–H groups in total. The van der Waals surface area contributed by atoms with Crippen LogP contribution in [0.25, 0.3) is 11.3 Å². The fourth-order valence-corrected chi connectivity index (χ4v) is 3.34. The van der Waals surface area contributed by atoms with Crippen LogP contribution >= 0.6 is 22.9 Å². The van der Waals surface area contributed by atoms with Gasteiger partial charge in [-0.25, -0.2) is 4.98 Å². The number of benzene rings is 2. The number of nitro benzene ring substituents is 1. The first-order valence-electron chi connectivity index (χ1n) is 8.00. The molecule has 0 spiro atoms. The summed E-state index contributed by atoms with van der Waals surface area (Å²) in [5.74, 6) is -0.0750. The van der Waals surface area contributed by atoms with Crippen LogP contribution in [0.5, 0.6) is 5.75 Å². The van der Waals surface area contributed by atoms with Gasteiger partial charge in [0, 0.05) is 29.6 Å². The molecule has 8 nitrogen and oxygen atoms in total. The number of methoxy groups -OCH3 is 1. The van der Waals surface area contributed by atoms with Gasteiger partial charge in [0.15, 0.2) is 5.13 Å². The summed E-state index contributed by atoms with van der Waals surface area (Å²) in [7, 11) is 3.27. The first-order valence-corrected chi connectivity index (χ1v) is 9.25. The van der Waals surface area contributed by atoms with Gasteiger partial charge in [-0.15, -0.1) is 11.3 Å². The van der Waals surface area contributed by atoms with Crippen LogP contribution in [0.1, 0.15) is 10.4 Å². The van der Waals surface area contributed by atoms with Gasteiger partial charge in [-0.05, 0) is 30.3 Å². The van der Waals surface area contributed by atoms with Gasteiger partial charge >= 0.3 is 0 Å². The molecule has 0 radical (unpaired) electrons. The highest BCUT2D eigenvalue weighted by Gasteiger charge is 2.18. The molecule has 3 rings (SSSR count). The second-order valence-electron chi connectivity index (χ2n) is 5.58. The van der Waals surface area contributed by atoms with E-state index in [2.05, 4.69) is 15.6 Å². The van der Waals surface area contributed by atoms with Crippen LogP contribution in [-0.2, 0) is 0 Å². The molecule has 0 atom stereocenters. The maximum Gasteiger partial charge on any atom is 0.288 e. The van der Waals surface area contributed by atoms with Crippen molar-refractivity contribution in [3.63, 3.8) is 0 Å². The number of hydrogen-bond donors (Lipinski definition) is 2. The second kappa shape index (κ2) is 8.24. The number of amides is 1. The Morgan fingerprint density at radius 1 is 1.29 bits per heavy atom. The summed E-state index contributed by atoms with van der Waals surface area (Å²) in [6.45, 7) is 0. The van der Waals surface area contributed by atoms with Gasteiger partial charge in [0.05, 0.1) is 23.4 Å². The van der Waals surface area contributed by atoms with Crippen molar-refractivity contribution in [2.75, 3.05) is 24.8 Å². The lowest BCUT2D eigenvalue weighted by Gasteiger charge is -2.12. The van der Waals surface area contributed by atoms with E-state index in [1.54, 1.807) is 19.2 Å². The summed E-state index contributed by atoms with van der Waals surface area (Å²) in [6, 6.07) is 9.14. The fourth-order valence-electron chi connectivity index (χ4n) is 2.47. The first kappa shape index (κ1) is 19.6. The van der Waals surface area contributed by atoms with Crippen molar-refractivity contribution in [3.8, 4) is 17.0 Å². The number of anilines is 2. The van der Waals surface area contributed by atoms with Gasteiger partial charge < -0.3 is 15.4 Å². The molecule has 0 bridgehead atoms. The molecular formula is C18H15ClN4O4S. The van der Waals surface area contributed by atoms with Crippen LogP contribution in [0.3, 0.4) is 0 Å². The van der Waals surface area contributed by atoms with Crippen LogP contribution < -0.4 is 15.4 Å². The largest absolute Gasteiger partial charge is 0.495 e. The Bertz CT molecular complexity index is 1050. The Kier molecular flexibility index (Phi) is 5.76. The monoisotopic (exact) mass is 418 g/mol. The Morgan fingerprint density at radius 3 is 2.71 bits per heavy atom. The summed E-state index contributed by atoms with van der Waals surface area (Å²) < 4.78 is 5.31. The van der Waals surface area contributed by atoms with Crippen molar-refractivity contribution < 1.29 is 14.5 Å². The van der Waals surface area contributed by atoms with E-state index in [0.29, 0.717) is 11.4 Å². The zero-order valence-electron chi connectivity index (χ0n) is 14.9. The molecule has 0 unspecified atom stereocenters. The van der Waals surface area contributed by atoms with Crippen LogP contribution in [0, 0.1) is 10.1 Å². The molecule has 1 heterocycles. The van der Waals surface area contributed by atoms with E-state index in [0.717, 1.165) is 22.5 Å². The van der Waals surface area contributed by atoms with Crippen molar-refractivity contribution in [2.45, 2.75) is 0 Å². The van der Waals surface area contributed by atoms with E-state index in [1.165, 1.54) is 30.6 Å². The summed E-state index contributed by atoms with van der Waals surface area (Å²) in [5.41, 5.74) is 1.72. The number of nitrogens with zero attached hydrogens (tertiary/aromatic N) is 2. The second-order valence-corrected chi connectivity index (χ2v) is 6.85. The van der Waals surface area contributed by atoms with E-state index in [1.807, 2.05) is 11.4 Å². The lowest BCUT2D eigenvalue weighted by Crippen LogP contribution is -2.13.